The number of hydrogen-bond acceptors (Lipinski definition) is 4. The summed E-state index contributed by atoms with van der Waals surface area (Å²) in [5.41, 5.74) is 1.43. The highest BCUT2D eigenvalue weighted by molar-refractivity contribution is 8.00. The first-order chi connectivity index (χ1) is 11.1. The van der Waals surface area contributed by atoms with Gasteiger partial charge in [0.2, 0.25) is 0 Å². The van der Waals surface area contributed by atoms with Crippen LogP contribution in [0.15, 0.2) is 54.6 Å². The van der Waals surface area contributed by atoms with Crippen LogP contribution in [0.5, 0.6) is 0 Å². The number of esters is 1. The lowest BCUT2D eigenvalue weighted by Crippen LogP contribution is -2.10. The molecule has 0 aliphatic heterocycles. The Morgan fingerprint density at radius 1 is 1.09 bits per heavy atom. The Bertz CT molecular complexity index is 656. The molecule has 0 spiro atoms. The van der Waals surface area contributed by atoms with Gasteiger partial charge in [-0.2, -0.15) is 0 Å². The number of ether oxygens (including phenoxy) is 1. The maximum atomic E-state index is 13.1. The molecule has 0 aliphatic carbocycles. The molecule has 0 heterocycles. The van der Waals surface area contributed by atoms with Gasteiger partial charge in [-0.05, 0) is 17.7 Å². The highest BCUT2D eigenvalue weighted by atomic mass is 32.2. The second-order valence-electron chi connectivity index (χ2n) is 4.92. The lowest BCUT2D eigenvalue weighted by molar-refractivity contribution is -0.137. The normalized spacial score (nSPS) is 11.7. The van der Waals surface area contributed by atoms with Gasteiger partial charge >= 0.3 is 5.97 Å². The molecule has 120 valence electrons. The van der Waals surface area contributed by atoms with Gasteiger partial charge in [-0.3, -0.25) is 9.59 Å². The number of thioether (sulfide) groups is 1. The van der Waals surface area contributed by atoms with E-state index in [1.165, 1.54) is 31.0 Å². The van der Waals surface area contributed by atoms with Crippen LogP contribution >= 0.6 is 11.8 Å². The summed E-state index contributed by atoms with van der Waals surface area (Å²) in [7, 11) is 1.32. The van der Waals surface area contributed by atoms with Crippen LogP contribution < -0.4 is 0 Å². The van der Waals surface area contributed by atoms with Gasteiger partial charge in [0.1, 0.15) is 5.82 Å². The standard InChI is InChI=1S/C18H17FO3S/c1-22-18(21)12-23-17(14-7-9-15(19)10-8-14)11-16(20)13-5-3-2-4-6-13/h2-10,17H,11-12H2,1H3/t17-/m0/s1. The van der Waals surface area contributed by atoms with E-state index in [0.29, 0.717) is 5.56 Å². The van der Waals surface area contributed by atoms with Crippen molar-refractivity contribution in [2.45, 2.75) is 11.7 Å². The molecule has 0 aromatic heterocycles. The van der Waals surface area contributed by atoms with E-state index >= 15 is 0 Å². The van der Waals surface area contributed by atoms with Gasteiger partial charge in [0, 0.05) is 17.2 Å². The van der Waals surface area contributed by atoms with E-state index in [1.54, 1.807) is 24.3 Å². The number of halogens is 1. The van der Waals surface area contributed by atoms with Crippen LogP contribution in [-0.2, 0) is 9.53 Å². The van der Waals surface area contributed by atoms with Crippen molar-refractivity contribution in [2.75, 3.05) is 12.9 Å². The fourth-order valence-electron chi connectivity index (χ4n) is 2.09. The van der Waals surface area contributed by atoms with Gasteiger partial charge in [0.15, 0.2) is 5.78 Å². The van der Waals surface area contributed by atoms with Crippen LogP contribution in [-0.4, -0.2) is 24.6 Å². The molecule has 0 aliphatic rings. The molecule has 0 radical (unpaired) electrons. The number of ketones is 1. The van der Waals surface area contributed by atoms with Gasteiger partial charge in [0.25, 0.3) is 0 Å². The van der Waals surface area contributed by atoms with Gasteiger partial charge in [-0.25, -0.2) is 4.39 Å². The highest BCUT2D eigenvalue weighted by Gasteiger charge is 2.19. The zero-order valence-corrected chi connectivity index (χ0v) is 13.5. The maximum Gasteiger partial charge on any atom is 0.315 e. The summed E-state index contributed by atoms with van der Waals surface area (Å²) >= 11 is 1.32. The van der Waals surface area contributed by atoms with Crippen molar-refractivity contribution in [1.82, 2.24) is 0 Å². The Morgan fingerprint density at radius 3 is 2.35 bits per heavy atom. The highest BCUT2D eigenvalue weighted by Crippen LogP contribution is 2.33. The summed E-state index contributed by atoms with van der Waals surface area (Å²) in [5.74, 6) is -0.563. The van der Waals surface area contributed by atoms with Crippen LogP contribution in [0.3, 0.4) is 0 Å². The van der Waals surface area contributed by atoms with Crippen molar-refractivity contribution < 1.29 is 18.7 Å². The van der Waals surface area contributed by atoms with Gasteiger partial charge < -0.3 is 4.74 Å². The Balaban J connectivity index is 2.14. The van der Waals surface area contributed by atoms with E-state index in [-0.39, 0.29) is 35.0 Å². The molecule has 0 saturated carbocycles. The van der Waals surface area contributed by atoms with E-state index < -0.39 is 0 Å². The van der Waals surface area contributed by atoms with Crippen LogP contribution in [0.2, 0.25) is 0 Å². The maximum absolute atomic E-state index is 13.1. The van der Waals surface area contributed by atoms with Crippen molar-refractivity contribution in [1.29, 1.82) is 0 Å². The molecule has 1 atom stereocenters. The Morgan fingerprint density at radius 2 is 1.74 bits per heavy atom. The minimum Gasteiger partial charge on any atom is -0.468 e. The van der Waals surface area contributed by atoms with Crippen molar-refractivity contribution in [3.05, 3.63) is 71.5 Å². The topological polar surface area (TPSA) is 43.4 Å². The summed E-state index contributed by atoms with van der Waals surface area (Å²) < 4.78 is 17.7. The number of Topliss-reactive ketones (excluding diaryl/α,β-unsaturated/α-hetero) is 1. The van der Waals surface area contributed by atoms with Crippen LogP contribution in [0.4, 0.5) is 4.39 Å². The summed E-state index contributed by atoms with van der Waals surface area (Å²) in [6, 6.07) is 15.0. The largest absolute Gasteiger partial charge is 0.468 e. The minimum atomic E-state index is -0.353. The summed E-state index contributed by atoms with van der Waals surface area (Å²) in [5, 5.41) is -0.234. The lowest BCUT2D eigenvalue weighted by Gasteiger charge is -2.16. The SMILES string of the molecule is COC(=O)CS[C@@H](CC(=O)c1ccccc1)c1ccc(F)cc1. The lowest BCUT2D eigenvalue weighted by atomic mass is 10.0. The smallest absolute Gasteiger partial charge is 0.315 e. The van der Waals surface area contributed by atoms with Crippen molar-refractivity contribution in [3.63, 3.8) is 0 Å². The molecular weight excluding hydrogens is 315 g/mol. The number of carbonyl (C=O) groups excluding carboxylic acids is 2. The number of methoxy groups -OCH3 is 1. The third-order valence-corrected chi connectivity index (χ3v) is 4.58. The first-order valence-corrected chi connectivity index (χ1v) is 8.17. The van der Waals surface area contributed by atoms with Gasteiger partial charge in [0.05, 0.1) is 12.9 Å². The Hall–Kier alpha value is -2.14. The fraction of sp³-hybridized carbons (Fsp3) is 0.222. The molecule has 2 aromatic carbocycles. The number of benzene rings is 2. The fourth-order valence-corrected chi connectivity index (χ4v) is 3.16. The average molecular weight is 332 g/mol. The zero-order chi connectivity index (χ0) is 16.7. The molecule has 0 N–H and O–H groups in total. The number of hydrogen-bond donors (Lipinski definition) is 0. The van der Waals surface area contributed by atoms with Crippen molar-refractivity contribution in [2.24, 2.45) is 0 Å². The first-order valence-electron chi connectivity index (χ1n) is 7.12. The predicted molar refractivity (Wildman–Crippen MR) is 89.0 cm³/mol. The Labute approximate surface area is 138 Å². The molecule has 0 unspecified atom stereocenters. The van der Waals surface area contributed by atoms with E-state index in [0.717, 1.165) is 5.56 Å². The van der Waals surface area contributed by atoms with Crippen LogP contribution in [0, 0.1) is 5.82 Å². The third-order valence-electron chi connectivity index (χ3n) is 3.34. The molecule has 3 nitrogen and oxygen atoms in total. The summed E-state index contributed by atoms with van der Waals surface area (Å²) in [4.78, 5) is 23.8. The monoisotopic (exact) mass is 332 g/mol. The van der Waals surface area contributed by atoms with Gasteiger partial charge in [-0.15, -0.1) is 11.8 Å². The predicted octanol–water partition coefficient (Wildman–Crippen LogP) is 4.05. The molecule has 5 heteroatoms. The second-order valence-corrected chi connectivity index (χ2v) is 6.11. The number of rotatable bonds is 7. The second kappa shape index (κ2) is 8.48. The van der Waals surface area contributed by atoms with E-state index in [2.05, 4.69) is 4.74 Å². The molecule has 0 fully saturated rings. The molecular formula is C18H17FO3S. The summed E-state index contributed by atoms with van der Waals surface area (Å²) in [6.45, 7) is 0. The van der Waals surface area contributed by atoms with Crippen molar-refractivity contribution >= 4 is 23.5 Å². The molecule has 23 heavy (non-hydrogen) atoms. The van der Waals surface area contributed by atoms with E-state index in [9.17, 15) is 14.0 Å². The average Bonchev–Trinajstić information content (AvgIpc) is 2.59. The van der Waals surface area contributed by atoms with Crippen LogP contribution in [0.25, 0.3) is 0 Å². The Kier molecular flexibility index (Phi) is 6.35. The molecule has 0 saturated heterocycles. The van der Waals surface area contributed by atoms with Gasteiger partial charge in [-0.1, -0.05) is 42.5 Å². The quantitative estimate of drug-likeness (QED) is 0.567. The third kappa shape index (κ3) is 5.21. The zero-order valence-electron chi connectivity index (χ0n) is 12.7. The molecule has 0 bridgehead atoms. The first kappa shape index (κ1) is 17.2. The van der Waals surface area contributed by atoms with E-state index in [4.69, 9.17) is 0 Å². The summed E-state index contributed by atoms with van der Waals surface area (Å²) in [6.07, 6.45) is 0.233. The number of carbonyl (C=O) groups is 2. The minimum absolute atomic E-state index is 0.0164. The van der Waals surface area contributed by atoms with Crippen molar-refractivity contribution in [3.8, 4) is 0 Å². The molecule has 2 rings (SSSR count). The van der Waals surface area contributed by atoms with Crippen LogP contribution in [0.1, 0.15) is 27.6 Å². The molecule has 2 aromatic rings. The van der Waals surface area contributed by atoms with E-state index in [1.807, 2.05) is 18.2 Å². The molecule has 0 amide bonds.